The van der Waals surface area contributed by atoms with Crippen LogP contribution in [0, 0.1) is 0 Å². The lowest BCUT2D eigenvalue weighted by molar-refractivity contribution is 0.101. The van der Waals surface area contributed by atoms with E-state index in [0.717, 1.165) is 5.56 Å². The van der Waals surface area contributed by atoms with Crippen LogP contribution in [-0.4, -0.2) is 20.6 Å². The molecule has 0 atom stereocenters. The number of carbonyl (C=O) groups excluding carboxylic acids is 1. The number of nitrogens with zero attached hydrogens (tertiary/aromatic N) is 3. The number of benzene rings is 1. The molecule has 1 amide bonds. The maximum Gasteiger partial charge on any atom is 0.277 e. The molecule has 7 nitrogen and oxygen atoms in total. The zero-order valence-corrected chi connectivity index (χ0v) is 13.1. The number of nitrogens with one attached hydrogen (secondary N) is 1. The highest BCUT2D eigenvalue weighted by atomic mass is 16.5. The summed E-state index contributed by atoms with van der Waals surface area (Å²) in [5, 5.41) is 6.61. The van der Waals surface area contributed by atoms with Crippen molar-refractivity contribution in [3.8, 4) is 11.5 Å². The Kier molecular flexibility index (Phi) is 3.88. The van der Waals surface area contributed by atoms with Crippen LogP contribution in [0.2, 0.25) is 0 Å². The number of aromatic nitrogens is 3. The fraction of sp³-hybridized carbons (Fsp3) is 0.0556. The van der Waals surface area contributed by atoms with Crippen LogP contribution in [0.25, 0.3) is 11.5 Å². The maximum atomic E-state index is 12.3. The van der Waals surface area contributed by atoms with Crippen molar-refractivity contribution >= 4 is 11.6 Å². The lowest BCUT2D eigenvalue weighted by Gasteiger charge is -2.06. The number of furan rings is 1. The summed E-state index contributed by atoms with van der Waals surface area (Å²) >= 11 is 0. The molecule has 0 aliphatic rings. The summed E-state index contributed by atoms with van der Waals surface area (Å²) in [4.78, 5) is 16.4. The SMILES string of the molecule is O=C(Nc1cccc(Cn2ccnc2)c1)c1cc(-c2ccco2)on1. The van der Waals surface area contributed by atoms with E-state index in [1.807, 2.05) is 35.0 Å². The lowest BCUT2D eigenvalue weighted by atomic mass is 10.2. The predicted octanol–water partition coefficient (Wildman–Crippen LogP) is 3.43. The summed E-state index contributed by atoms with van der Waals surface area (Å²) in [5.74, 6) is 0.583. The summed E-state index contributed by atoms with van der Waals surface area (Å²) < 4.78 is 12.3. The predicted molar refractivity (Wildman–Crippen MR) is 89.9 cm³/mol. The van der Waals surface area contributed by atoms with E-state index in [2.05, 4.69) is 15.5 Å². The molecule has 4 aromatic rings. The van der Waals surface area contributed by atoms with E-state index in [-0.39, 0.29) is 11.6 Å². The van der Waals surface area contributed by atoms with Gasteiger partial charge in [-0.3, -0.25) is 4.79 Å². The van der Waals surface area contributed by atoms with Crippen LogP contribution in [-0.2, 0) is 6.54 Å². The zero-order valence-electron chi connectivity index (χ0n) is 13.1. The summed E-state index contributed by atoms with van der Waals surface area (Å²) in [6, 6.07) is 12.6. The number of carbonyl (C=O) groups is 1. The molecule has 0 aliphatic heterocycles. The maximum absolute atomic E-state index is 12.3. The van der Waals surface area contributed by atoms with Crippen molar-refractivity contribution in [2.24, 2.45) is 0 Å². The van der Waals surface area contributed by atoms with E-state index in [0.29, 0.717) is 23.8 Å². The highest BCUT2D eigenvalue weighted by Gasteiger charge is 2.15. The smallest absolute Gasteiger partial charge is 0.277 e. The molecule has 0 unspecified atom stereocenters. The monoisotopic (exact) mass is 334 g/mol. The molecule has 124 valence electrons. The Labute approximate surface area is 142 Å². The Balaban J connectivity index is 1.47. The van der Waals surface area contributed by atoms with E-state index in [1.54, 1.807) is 30.7 Å². The van der Waals surface area contributed by atoms with Gasteiger partial charge in [0, 0.05) is 30.7 Å². The van der Waals surface area contributed by atoms with Gasteiger partial charge in [0.15, 0.2) is 11.5 Å². The van der Waals surface area contributed by atoms with Crippen LogP contribution in [0.5, 0.6) is 0 Å². The largest absolute Gasteiger partial charge is 0.461 e. The van der Waals surface area contributed by atoms with E-state index in [9.17, 15) is 4.79 Å². The summed E-state index contributed by atoms with van der Waals surface area (Å²) in [5.41, 5.74) is 1.92. The van der Waals surface area contributed by atoms with Gasteiger partial charge in [0.05, 0.1) is 12.6 Å². The molecule has 0 aliphatic carbocycles. The van der Waals surface area contributed by atoms with Gasteiger partial charge in [-0.2, -0.15) is 0 Å². The van der Waals surface area contributed by atoms with Gasteiger partial charge in [-0.25, -0.2) is 4.98 Å². The van der Waals surface area contributed by atoms with Gasteiger partial charge >= 0.3 is 0 Å². The van der Waals surface area contributed by atoms with Gasteiger partial charge in [0.25, 0.3) is 5.91 Å². The molecule has 1 aromatic carbocycles. The van der Waals surface area contributed by atoms with E-state index >= 15 is 0 Å². The molecule has 25 heavy (non-hydrogen) atoms. The second-order valence-corrected chi connectivity index (χ2v) is 5.44. The molecule has 0 saturated carbocycles. The molecule has 4 rings (SSSR count). The lowest BCUT2D eigenvalue weighted by Crippen LogP contribution is -2.12. The fourth-order valence-corrected chi connectivity index (χ4v) is 2.45. The summed E-state index contributed by atoms with van der Waals surface area (Å²) in [7, 11) is 0. The average Bonchev–Trinajstić information content (AvgIpc) is 3.37. The van der Waals surface area contributed by atoms with Gasteiger partial charge < -0.3 is 18.8 Å². The average molecular weight is 334 g/mol. The second kappa shape index (κ2) is 6.48. The topological polar surface area (TPSA) is 86.1 Å². The Hall–Kier alpha value is -3.61. The molecule has 0 radical (unpaired) electrons. The Bertz CT molecular complexity index is 972. The van der Waals surface area contributed by atoms with Crippen molar-refractivity contribution in [2.45, 2.75) is 6.54 Å². The number of hydrogen-bond acceptors (Lipinski definition) is 5. The number of amides is 1. The zero-order chi connectivity index (χ0) is 17.1. The summed E-state index contributed by atoms with van der Waals surface area (Å²) in [6.07, 6.45) is 6.89. The molecular formula is C18H14N4O3. The molecule has 3 heterocycles. The Morgan fingerprint density at radius 3 is 2.92 bits per heavy atom. The standard InChI is InChI=1S/C18H14N4O3/c23-18(15-10-17(25-21-15)16-5-2-8-24-16)20-14-4-1-3-13(9-14)11-22-7-6-19-12-22/h1-10,12H,11H2,(H,20,23). The van der Waals surface area contributed by atoms with Crippen LogP contribution in [0.4, 0.5) is 5.69 Å². The minimum absolute atomic E-state index is 0.186. The molecule has 0 spiro atoms. The van der Waals surface area contributed by atoms with Crippen LogP contribution in [0.3, 0.4) is 0 Å². The van der Waals surface area contributed by atoms with Crippen molar-refractivity contribution in [2.75, 3.05) is 5.32 Å². The normalized spacial score (nSPS) is 10.7. The van der Waals surface area contributed by atoms with Crippen molar-refractivity contribution in [1.82, 2.24) is 14.7 Å². The second-order valence-electron chi connectivity index (χ2n) is 5.44. The van der Waals surface area contributed by atoms with Crippen molar-refractivity contribution < 1.29 is 13.7 Å². The first-order chi connectivity index (χ1) is 12.3. The van der Waals surface area contributed by atoms with Crippen molar-refractivity contribution in [3.63, 3.8) is 0 Å². The highest BCUT2D eigenvalue weighted by molar-refractivity contribution is 6.03. The molecule has 3 aromatic heterocycles. The van der Waals surface area contributed by atoms with E-state index < -0.39 is 0 Å². The van der Waals surface area contributed by atoms with Crippen molar-refractivity contribution in [1.29, 1.82) is 0 Å². The molecule has 7 heteroatoms. The first-order valence-corrected chi connectivity index (χ1v) is 7.64. The van der Waals surface area contributed by atoms with Crippen LogP contribution in [0.15, 0.2) is 76.4 Å². The molecule has 1 N–H and O–H groups in total. The minimum Gasteiger partial charge on any atom is -0.461 e. The number of rotatable bonds is 5. The van der Waals surface area contributed by atoms with Crippen molar-refractivity contribution in [3.05, 3.63) is 78.7 Å². The van der Waals surface area contributed by atoms with Crippen LogP contribution >= 0.6 is 0 Å². The molecular weight excluding hydrogens is 320 g/mol. The third kappa shape index (κ3) is 3.35. The minimum atomic E-state index is -0.346. The quantitative estimate of drug-likeness (QED) is 0.604. The fourth-order valence-electron chi connectivity index (χ4n) is 2.45. The van der Waals surface area contributed by atoms with Gasteiger partial charge in [-0.15, -0.1) is 0 Å². The van der Waals surface area contributed by atoms with Gasteiger partial charge in [0.2, 0.25) is 5.76 Å². The van der Waals surface area contributed by atoms with E-state index in [1.165, 1.54) is 6.26 Å². The summed E-state index contributed by atoms with van der Waals surface area (Å²) in [6.45, 7) is 0.677. The van der Waals surface area contributed by atoms with Gasteiger partial charge in [0.1, 0.15) is 0 Å². The van der Waals surface area contributed by atoms with E-state index in [4.69, 9.17) is 8.94 Å². The Morgan fingerprint density at radius 1 is 1.16 bits per heavy atom. The first kappa shape index (κ1) is 14.9. The number of anilines is 1. The Morgan fingerprint density at radius 2 is 2.12 bits per heavy atom. The molecule has 0 saturated heterocycles. The first-order valence-electron chi connectivity index (χ1n) is 7.64. The van der Waals surface area contributed by atoms with Crippen LogP contribution < -0.4 is 5.32 Å². The highest BCUT2D eigenvalue weighted by Crippen LogP contribution is 2.21. The van der Waals surface area contributed by atoms with Gasteiger partial charge in [-0.1, -0.05) is 17.3 Å². The number of hydrogen-bond donors (Lipinski definition) is 1. The van der Waals surface area contributed by atoms with Gasteiger partial charge in [-0.05, 0) is 29.8 Å². The van der Waals surface area contributed by atoms with Crippen LogP contribution in [0.1, 0.15) is 16.1 Å². The molecule has 0 fully saturated rings. The third-order valence-electron chi connectivity index (χ3n) is 3.62. The molecule has 0 bridgehead atoms. The number of imidazole rings is 1. The third-order valence-corrected chi connectivity index (χ3v) is 3.62.